The molecule has 0 aromatic carbocycles. The molecule has 8 heavy (non-hydrogen) atoms. The molecule has 0 heterocycles. The van der Waals surface area contributed by atoms with Crippen LogP contribution in [0.25, 0.3) is 0 Å². The van der Waals surface area contributed by atoms with Crippen LogP contribution in [0.5, 0.6) is 0 Å². The van der Waals surface area contributed by atoms with Crippen LogP contribution < -0.4 is 5.73 Å². The summed E-state index contributed by atoms with van der Waals surface area (Å²) >= 11 is 0. The third-order valence-corrected chi connectivity index (χ3v) is 1.65. The molecule has 0 amide bonds. The van der Waals surface area contributed by atoms with Crippen molar-refractivity contribution < 1.29 is 0 Å². The molecule has 0 aliphatic heterocycles. The van der Waals surface area contributed by atoms with Crippen LogP contribution in [0.15, 0.2) is 11.6 Å². The van der Waals surface area contributed by atoms with E-state index in [0.29, 0.717) is 6.04 Å². The van der Waals surface area contributed by atoms with Crippen molar-refractivity contribution in [1.29, 1.82) is 0 Å². The molecule has 0 saturated heterocycles. The molecule has 1 aliphatic carbocycles. The lowest BCUT2D eigenvalue weighted by molar-refractivity contribution is 0.655. The van der Waals surface area contributed by atoms with Crippen molar-refractivity contribution in [3.05, 3.63) is 11.6 Å². The minimum absolute atomic E-state index is 0.412. The number of rotatable bonds is 2. The maximum Gasteiger partial charge on any atom is 0.0288 e. The first kappa shape index (κ1) is 5.83. The van der Waals surface area contributed by atoms with Crippen LogP contribution in [0.3, 0.4) is 0 Å². The first-order valence-electron chi connectivity index (χ1n) is 3.29. The van der Waals surface area contributed by atoms with Crippen molar-refractivity contribution in [2.75, 3.05) is 0 Å². The Labute approximate surface area is 50.6 Å². The van der Waals surface area contributed by atoms with Gasteiger partial charge in [-0.15, -0.1) is 0 Å². The van der Waals surface area contributed by atoms with Gasteiger partial charge in [-0.2, -0.15) is 0 Å². The predicted octanol–water partition coefficient (Wildman–Crippen LogP) is 1.44. The smallest absolute Gasteiger partial charge is 0.0288 e. The second-order valence-electron chi connectivity index (χ2n) is 2.37. The molecule has 2 N–H and O–H groups in total. The van der Waals surface area contributed by atoms with Crippen molar-refractivity contribution >= 4 is 0 Å². The second kappa shape index (κ2) is 2.31. The molecule has 1 aliphatic rings. The molecule has 0 saturated carbocycles. The Kier molecular flexibility index (Phi) is 1.69. The Bertz CT molecular complexity index is 105. The molecular weight excluding hydrogens is 98.1 g/mol. The number of nitrogens with two attached hydrogens (primary N) is 1. The maximum atomic E-state index is 5.64. The largest absolute Gasteiger partial charge is 0.324 e. The van der Waals surface area contributed by atoms with E-state index < -0.39 is 0 Å². The first-order valence-corrected chi connectivity index (χ1v) is 3.29. The van der Waals surface area contributed by atoms with Crippen LogP contribution in [-0.2, 0) is 0 Å². The van der Waals surface area contributed by atoms with Gasteiger partial charge >= 0.3 is 0 Å². The molecule has 1 heteroatoms. The van der Waals surface area contributed by atoms with Crippen molar-refractivity contribution in [1.82, 2.24) is 0 Å². The summed E-state index contributed by atoms with van der Waals surface area (Å²) in [5.74, 6) is 0. The molecule has 1 unspecified atom stereocenters. The predicted molar refractivity (Wildman–Crippen MR) is 35.6 cm³/mol. The van der Waals surface area contributed by atoms with E-state index in [9.17, 15) is 0 Å². The fourth-order valence-corrected chi connectivity index (χ4v) is 0.997. The molecule has 1 atom stereocenters. The molecule has 1 nitrogen and oxygen atoms in total. The summed E-state index contributed by atoms with van der Waals surface area (Å²) in [6.45, 7) is 2.19. The van der Waals surface area contributed by atoms with E-state index in [0.717, 1.165) is 6.42 Å². The monoisotopic (exact) mass is 111 g/mol. The van der Waals surface area contributed by atoms with E-state index in [4.69, 9.17) is 5.73 Å². The van der Waals surface area contributed by atoms with E-state index in [1.165, 1.54) is 18.4 Å². The highest BCUT2D eigenvalue weighted by atomic mass is 14.7. The van der Waals surface area contributed by atoms with Crippen LogP contribution in [0.4, 0.5) is 0 Å². The number of hydrogen-bond acceptors (Lipinski definition) is 1. The fraction of sp³-hybridized carbons (Fsp3) is 0.714. The van der Waals surface area contributed by atoms with Gasteiger partial charge in [0.05, 0.1) is 0 Å². The molecule has 46 valence electrons. The summed E-state index contributed by atoms with van der Waals surface area (Å²) in [4.78, 5) is 0. The van der Waals surface area contributed by atoms with E-state index in [2.05, 4.69) is 13.0 Å². The van der Waals surface area contributed by atoms with E-state index in [1.54, 1.807) is 0 Å². The van der Waals surface area contributed by atoms with Crippen molar-refractivity contribution in [3.63, 3.8) is 0 Å². The summed E-state index contributed by atoms with van der Waals surface area (Å²) < 4.78 is 0. The standard InChI is InChI=1S/C7H13N/c1-2-3-6-4-5-7(6)8/h4,7H,2-3,5,8H2,1H3. The van der Waals surface area contributed by atoms with Gasteiger partial charge in [0, 0.05) is 6.04 Å². The van der Waals surface area contributed by atoms with Gasteiger partial charge in [0.15, 0.2) is 0 Å². The Morgan fingerprint density at radius 1 is 1.88 bits per heavy atom. The Balaban J connectivity index is 2.26. The second-order valence-corrected chi connectivity index (χ2v) is 2.37. The zero-order valence-electron chi connectivity index (χ0n) is 5.35. The summed E-state index contributed by atoms with van der Waals surface area (Å²) in [7, 11) is 0. The molecule has 0 bridgehead atoms. The van der Waals surface area contributed by atoms with Crippen LogP contribution in [0.2, 0.25) is 0 Å². The Hall–Kier alpha value is -0.300. The molecule has 0 spiro atoms. The lowest BCUT2D eigenvalue weighted by atomic mass is 9.90. The summed E-state index contributed by atoms with van der Waals surface area (Å²) in [5.41, 5.74) is 7.11. The third kappa shape index (κ3) is 0.920. The average Bonchev–Trinajstić information content (AvgIpc) is 1.79. The maximum absolute atomic E-state index is 5.64. The highest BCUT2D eigenvalue weighted by Crippen LogP contribution is 2.20. The van der Waals surface area contributed by atoms with Crippen molar-refractivity contribution in [3.8, 4) is 0 Å². The van der Waals surface area contributed by atoms with E-state index >= 15 is 0 Å². The van der Waals surface area contributed by atoms with Crippen molar-refractivity contribution in [2.24, 2.45) is 5.73 Å². The summed E-state index contributed by atoms with van der Waals surface area (Å²) in [6, 6.07) is 0.412. The molecule has 0 radical (unpaired) electrons. The summed E-state index contributed by atoms with van der Waals surface area (Å²) in [6.07, 6.45) is 5.80. The lowest BCUT2D eigenvalue weighted by Gasteiger charge is -2.22. The van der Waals surface area contributed by atoms with Gasteiger partial charge < -0.3 is 5.73 Å². The minimum Gasteiger partial charge on any atom is -0.324 e. The lowest BCUT2D eigenvalue weighted by Crippen LogP contribution is -2.28. The minimum atomic E-state index is 0.412. The third-order valence-electron chi connectivity index (χ3n) is 1.65. The van der Waals surface area contributed by atoms with Gasteiger partial charge in [-0.05, 0) is 12.8 Å². The summed E-state index contributed by atoms with van der Waals surface area (Å²) in [5, 5.41) is 0. The van der Waals surface area contributed by atoms with Crippen LogP contribution in [0, 0.1) is 0 Å². The normalized spacial score (nSPS) is 26.8. The highest BCUT2D eigenvalue weighted by molar-refractivity contribution is 5.20. The van der Waals surface area contributed by atoms with Gasteiger partial charge in [0.2, 0.25) is 0 Å². The van der Waals surface area contributed by atoms with E-state index in [1.807, 2.05) is 0 Å². The number of hydrogen-bond donors (Lipinski definition) is 1. The zero-order valence-corrected chi connectivity index (χ0v) is 5.35. The van der Waals surface area contributed by atoms with Gasteiger partial charge in [-0.3, -0.25) is 0 Å². The average molecular weight is 111 g/mol. The quantitative estimate of drug-likeness (QED) is 0.536. The zero-order chi connectivity index (χ0) is 5.98. The topological polar surface area (TPSA) is 26.0 Å². The van der Waals surface area contributed by atoms with Crippen LogP contribution in [-0.4, -0.2) is 6.04 Å². The molecular formula is C7H13N. The first-order chi connectivity index (χ1) is 3.84. The molecule has 0 aromatic rings. The van der Waals surface area contributed by atoms with Gasteiger partial charge in [0.25, 0.3) is 0 Å². The SMILES string of the molecule is CCCC1=CCC1N. The molecule has 0 aromatic heterocycles. The Morgan fingerprint density at radius 3 is 2.75 bits per heavy atom. The fourth-order valence-electron chi connectivity index (χ4n) is 0.997. The van der Waals surface area contributed by atoms with Crippen LogP contribution in [0.1, 0.15) is 26.2 Å². The van der Waals surface area contributed by atoms with Gasteiger partial charge in [0.1, 0.15) is 0 Å². The van der Waals surface area contributed by atoms with Gasteiger partial charge in [-0.1, -0.05) is 25.0 Å². The van der Waals surface area contributed by atoms with Gasteiger partial charge in [-0.25, -0.2) is 0 Å². The molecule has 1 rings (SSSR count). The highest BCUT2D eigenvalue weighted by Gasteiger charge is 2.14. The van der Waals surface area contributed by atoms with Crippen LogP contribution >= 0.6 is 0 Å². The van der Waals surface area contributed by atoms with E-state index in [-0.39, 0.29) is 0 Å². The molecule has 0 fully saturated rings. The Morgan fingerprint density at radius 2 is 2.62 bits per heavy atom. The van der Waals surface area contributed by atoms with Crippen molar-refractivity contribution in [2.45, 2.75) is 32.2 Å².